The predicted molar refractivity (Wildman–Crippen MR) is 153 cm³/mol. The van der Waals surface area contributed by atoms with Gasteiger partial charge in [-0.1, -0.05) is 41.4 Å². The van der Waals surface area contributed by atoms with Gasteiger partial charge in [0, 0.05) is 32.5 Å². The molecule has 3 aromatic rings. The Labute approximate surface area is 238 Å². The Morgan fingerprint density at radius 1 is 1.21 bits per heavy atom. The van der Waals surface area contributed by atoms with E-state index in [9.17, 15) is 4.79 Å². The monoisotopic (exact) mass is 583 g/mol. The third kappa shape index (κ3) is 7.75. The van der Waals surface area contributed by atoms with Gasteiger partial charge in [-0.05, 0) is 49.6 Å². The van der Waals surface area contributed by atoms with Crippen LogP contribution in [0, 0.1) is 6.92 Å². The first-order valence-electron chi connectivity index (χ1n) is 12.1. The molecule has 1 atom stereocenters. The highest BCUT2D eigenvalue weighted by Gasteiger charge is 2.22. The molecule has 0 saturated carbocycles. The van der Waals surface area contributed by atoms with Gasteiger partial charge in [-0.25, -0.2) is 9.48 Å². The quantitative estimate of drug-likeness (QED) is 0.272. The van der Waals surface area contributed by atoms with E-state index >= 15 is 0 Å². The maximum atomic E-state index is 13.2. The summed E-state index contributed by atoms with van der Waals surface area (Å²) < 4.78 is 18.5. The number of halogens is 3. The molecule has 9 nitrogen and oxygen atoms in total. The Balaban J connectivity index is 0.00000400. The molecule has 2 amide bonds. The summed E-state index contributed by atoms with van der Waals surface area (Å²) in [5, 5.41) is 14.6. The van der Waals surface area contributed by atoms with Gasteiger partial charge < -0.3 is 24.8 Å². The summed E-state index contributed by atoms with van der Waals surface area (Å²) in [6.07, 6.45) is 1.36. The van der Waals surface area contributed by atoms with E-state index in [0.717, 1.165) is 24.2 Å². The molecule has 4 rings (SSSR count). The average molecular weight is 585 g/mol. The molecule has 0 unspecified atom stereocenters. The number of rotatable bonds is 10. The number of morpholine rings is 1. The Bertz CT molecular complexity index is 1200. The van der Waals surface area contributed by atoms with E-state index in [1.165, 1.54) is 0 Å². The smallest absolute Gasteiger partial charge is 0.324 e. The van der Waals surface area contributed by atoms with Crippen LogP contribution in [0.4, 0.5) is 16.3 Å². The number of carbonyl (C=O) groups is 1. The molecule has 2 heterocycles. The standard InChI is InChI=1S/C26H31Cl2N5O4.ClH/c1-17-24(31-26(34)30-23-14-22(28)21(27)13-18(23)7-6-11-35-2)33(19-8-4-3-5-9-19)32-25(17)37-16-20-15-29-10-12-36-20;/h3-5,8-9,13-14,20,29H,6-7,10-12,15-16H2,1-2H3,(H2,30,31,34);1H/t20-;/m1./s1. The van der Waals surface area contributed by atoms with Gasteiger partial charge in [0.15, 0.2) is 0 Å². The highest BCUT2D eigenvalue weighted by atomic mass is 35.5. The van der Waals surface area contributed by atoms with Crippen LogP contribution in [-0.4, -0.2) is 61.9 Å². The molecule has 12 heteroatoms. The SMILES string of the molecule is COCCCc1cc(Cl)c(Cl)cc1NC(=O)Nc1c(C)c(OC[C@H]2CNCCO2)nn1-c1ccccc1.Cl. The van der Waals surface area contributed by atoms with Gasteiger partial charge in [-0.2, -0.15) is 0 Å². The van der Waals surface area contributed by atoms with Crippen LogP contribution >= 0.6 is 35.6 Å². The van der Waals surface area contributed by atoms with Crippen LogP contribution in [0.3, 0.4) is 0 Å². The number of amides is 2. The van der Waals surface area contributed by atoms with E-state index < -0.39 is 6.03 Å². The first-order chi connectivity index (χ1) is 18.0. The zero-order valence-corrected chi connectivity index (χ0v) is 23.6. The van der Waals surface area contributed by atoms with Crippen molar-refractivity contribution in [3.05, 3.63) is 63.6 Å². The lowest BCUT2D eigenvalue weighted by atomic mass is 10.1. The summed E-state index contributed by atoms with van der Waals surface area (Å²) >= 11 is 12.5. The van der Waals surface area contributed by atoms with Crippen molar-refractivity contribution < 1.29 is 19.0 Å². The minimum Gasteiger partial charge on any atom is -0.474 e. The zero-order chi connectivity index (χ0) is 26.2. The summed E-state index contributed by atoms with van der Waals surface area (Å²) in [4.78, 5) is 13.2. The van der Waals surface area contributed by atoms with Crippen LogP contribution in [-0.2, 0) is 15.9 Å². The number of benzene rings is 2. The molecule has 1 saturated heterocycles. The number of nitrogens with one attached hydrogen (secondary N) is 3. The number of aryl methyl sites for hydroxylation is 1. The highest BCUT2D eigenvalue weighted by Crippen LogP contribution is 2.31. The Morgan fingerprint density at radius 2 is 1.97 bits per heavy atom. The van der Waals surface area contributed by atoms with Crippen LogP contribution < -0.4 is 20.7 Å². The second-order valence-corrected chi connectivity index (χ2v) is 9.45. The molecule has 0 bridgehead atoms. The number of methoxy groups -OCH3 is 1. The summed E-state index contributed by atoms with van der Waals surface area (Å²) in [7, 11) is 1.65. The maximum Gasteiger partial charge on any atom is 0.324 e. The fourth-order valence-corrected chi connectivity index (χ4v) is 4.34. The van der Waals surface area contributed by atoms with E-state index in [1.807, 2.05) is 37.3 Å². The predicted octanol–water partition coefficient (Wildman–Crippen LogP) is 5.50. The molecule has 0 aliphatic carbocycles. The van der Waals surface area contributed by atoms with Gasteiger partial charge in [-0.3, -0.25) is 5.32 Å². The number of anilines is 2. The molecule has 2 aromatic carbocycles. The largest absolute Gasteiger partial charge is 0.474 e. The Morgan fingerprint density at radius 3 is 2.68 bits per heavy atom. The van der Waals surface area contributed by atoms with Gasteiger partial charge >= 0.3 is 6.03 Å². The summed E-state index contributed by atoms with van der Waals surface area (Å²) in [5.41, 5.74) is 2.91. The number of aromatic nitrogens is 2. The minimum atomic E-state index is -0.446. The van der Waals surface area contributed by atoms with Crippen LogP contribution in [0.15, 0.2) is 42.5 Å². The summed E-state index contributed by atoms with van der Waals surface area (Å²) in [5.74, 6) is 0.908. The number of para-hydroxylation sites is 1. The van der Waals surface area contributed by atoms with Crippen molar-refractivity contribution in [2.24, 2.45) is 0 Å². The number of urea groups is 1. The molecule has 1 aromatic heterocycles. The molecule has 0 radical (unpaired) electrons. The van der Waals surface area contributed by atoms with E-state index in [4.69, 9.17) is 37.4 Å². The van der Waals surface area contributed by atoms with Crippen molar-refractivity contribution in [2.75, 3.05) is 50.7 Å². The first kappa shape index (κ1) is 30.0. The topological polar surface area (TPSA) is 98.7 Å². The van der Waals surface area contributed by atoms with Gasteiger partial charge in [-0.15, -0.1) is 17.5 Å². The minimum absolute atomic E-state index is 0. The number of ether oxygens (including phenoxy) is 3. The van der Waals surface area contributed by atoms with Crippen molar-refractivity contribution in [1.29, 1.82) is 0 Å². The average Bonchev–Trinajstić information content (AvgIpc) is 3.21. The molecule has 1 aliphatic heterocycles. The van der Waals surface area contributed by atoms with Crippen molar-refractivity contribution in [3.8, 4) is 11.6 Å². The molecule has 38 heavy (non-hydrogen) atoms. The molecular weight excluding hydrogens is 553 g/mol. The fraction of sp³-hybridized carbons (Fsp3) is 0.385. The lowest BCUT2D eigenvalue weighted by molar-refractivity contribution is -0.000938. The van der Waals surface area contributed by atoms with Crippen molar-refractivity contribution in [1.82, 2.24) is 15.1 Å². The van der Waals surface area contributed by atoms with Crippen LogP contribution in [0.25, 0.3) is 5.69 Å². The van der Waals surface area contributed by atoms with Crippen LogP contribution in [0.5, 0.6) is 5.88 Å². The van der Waals surface area contributed by atoms with Gasteiger partial charge in [0.25, 0.3) is 0 Å². The maximum absolute atomic E-state index is 13.2. The van der Waals surface area contributed by atoms with Crippen molar-refractivity contribution in [3.63, 3.8) is 0 Å². The third-order valence-corrected chi connectivity index (χ3v) is 6.63. The number of hydrogen-bond acceptors (Lipinski definition) is 6. The summed E-state index contributed by atoms with van der Waals surface area (Å²) in [6.45, 7) is 4.97. The summed E-state index contributed by atoms with van der Waals surface area (Å²) in [6, 6.07) is 12.5. The third-order valence-electron chi connectivity index (χ3n) is 5.91. The van der Waals surface area contributed by atoms with E-state index in [1.54, 1.807) is 23.9 Å². The van der Waals surface area contributed by atoms with E-state index in [2.05, 4.69) is 21.0 Å². The number of hydrogen-bond donors (Lipinski definition) is 3. The van der Waals surface area contributed by atoms with Crippen LogP contribution in [0.2, 0.25) is 10.0 Å². The first-order valence-corrected chi connectivity index (χ1v) is 12.9. The molecule has 1 aliphatic rings. The lowest BCUT2D eigenvalue weighted by Gasteiger charge is -2.23. The van der Waals surface area contributed by atoms with Crippen molar-refractivity contribution in [2.45, 2.75) is 25.9 Å². The molecule has 3 N–H and O–H groups in total. The Hall–Kier alpha value is -2.53. The van der Waals surface area contributed by atoms with E-state index in [-0.39, 0.29) is 18.5 Å². The second-order valence-electron chi connectivity index (χ2n) is 8.63. The van der Waals surface area contributed by atoms with Gasteiger partial charge in [0.05, 0.1) is 27.9 Å². The van der Waals surface area contributed by atoms with E-state index in [0.29, 0.717) is 65.8 Å². The second kappa shape index (κ2) is 14.6. The van der Waals surface area contributed by atoms with Crippen LogP contribution in [0.1, 0.15) is 17.5 Å². The Kier molecular flexibility index (Phi) is 11.5. The van der Waals surface area contributed by atoms with Crippen molar-refractivity contribution >= 4 is 53.1 Å². The number of nitrogens with zero attached hydrogens (tertiary/aromatic N) is 2. The normalized spacial score (nSPS) is 15.0. The highest BCUT2D eigenvalue weighted by molar-refractivity contribution is 6.42. The molecule has 1 fully saturated rings. The molecular formula is C26H32Cl3N5O4. The lowest BCUT2D eigenvalue weighted by Crippen LogP contribution is -2.41. The zero-order valence-electron chi connectivity index (χ0n) is 21.3. The number of carbonyl (C=O) groups excluding carboxylic acids is 1. The fourth-order valence-electron chi connectivity index (χ4n) is 3.99. The molecule has 206 valence electrons. The molecule has 0 spiro atoms. The van der Waals surface area contributed by atoms with Gasteiger partial charge in [0.2, 0.25) is 5.88 Å². The van der Waals surface area contributed by atoms with Gasteiger partial charge in [0.1, 0.15) is 18.5 Å².